The number of nitroso groups, excluding NO2 is 1. The van der Waals surface area contributed by atoms with Crippen LogP contribution in [-0.4, -0.2) is 17.8 Å². The maximum Gasteiger partial charge on any atom is 0.118 e. The van der Waals surface area contributed by atoms with Crippen LogP contribution in [0.25, 0.3) is 0 Å². The monoisotopic (exact) mass is 271 g/mol. The lowest BCUT2D eigenvalue weighted by atomic mass is 9.63. The number of hydrogen-bond acceptors (Lipinski definition) is 3. The molecular formula is C16H33NO2. The van der Waals surface area contributed by atoms with Crippen molar-refractivity contribution in [3.05, 3.63) is 4.91 Å². The van der Waals surface area contributed by atoms with Crippen LogP contribution in [-0.2, 0) is 0 Å². The summed E-state index contributed by atoms with van der Waals surface area (Å²) in [7, 11) is 0. The normalized spacial score (nSPS) is 16.2. The number of aliphatic hydroxyl groups excluding tert-OH is 1. The predicted molar refractivity (Wildman–Crippen MR) is 82.2 cm³/mol. The summed E-state index contributed by atoms with van der Waals surface area (Å²) in [5.41, 5.74) is 0.307. The van der Waals surface area contributed by atoms with Crippen LogP contribution in [0, 0.1) is 21.7 Å². The molecule has 0 aromatic heterocycles. The van der Waals surface area contributed by atoms with Gasteiger partial charge in [-0.3, -0.25) is 0 Å². The Balaban J connectivity index is 5.34. The van der Waals surface area contributed by atoms with E-state index < -0.39 is 6.04 Å². The van der Waals surface area contributed by atoms with Crippen molar-refractivity contribution >= 4 is 0 Å². The van der Waals surface area contributed by atoms with E-state index in [2.05, 4.69) is 46.7 Å². The van der Waals surface area contributed by atoms with Gasteiger partial charge in [0, 0.05) is 0 Å². The van der Waals surface area contributed by atoms with Crippen molar-refractivity contribution in [2.75, 3.05) is 6.61 Å². The molecule has 0 heterocycles. The van der Waals surface area contributed by atoms with Gasteiger partial charge in [0.25, 0.3) is 0 Å². The first-order valence-corrected chi connectivity index (χ1v) is 7.79. The molecule has 0 bridgehead atoms. The van der Waals surface area contributed by atoms with Gasteiger partial charge in [-0.1, -0.05) is 72.4 Å². The van der Waals surface area contributed by atoms with Crippen molar-refractivity contribution in [2.45, 2.75) is 79.7 Å². The number of aliphatic hydroxyl groups is 1. The lowest BCUT2D eigenvalue weighted by Crippen LogP contribution is -2.40. The number of hydrogen-bond donors (Lipinski definition) is 1. The van der Waals surface area contributed by atoms with Crippen LogP contribution in [0.1, 0.15) is 73.6 Å². The lowest BCUT2D eigenvalue weighted by molar-refractivity contribution is 0.0580. The molecule has 0 aromatic rings. The van der Waals surface area contributed by atoms with Crippen molar-refractivity contribution in [1.29, 1.82) is 0 Å². The molecule has 0 radical (unpaired) electrons. The Bertz CT molecular complexity index is 257. The van der Waals surface area contributed by atoms with Gasteiger partial charge in [0.05, 0.1) is 6.61 Å². The molecule has 114 valence electrons. The minimum Gasteiger partial charge on any atom is -0.394 e. The van der Waals surface area contributed by atoms with Gasteiger partial charge in [0.1, 0.15) is 6.04 Å². The summed E-state index contributed by atoms with van der Waals surface area (Å²) in [5, 5.41) is 12.7. The summed E-state index contributed by atoms with van der Waals surface area (Å²) in [6.45, 7) is 13.1. The van der Waals surface area contributed by atoms with E-state index in [1.165, 1.54) is 0 Å². The zero-order valence-electron chi connectivity index (χ0n) is 13.7. The minimum atomic E-state index is -0.470. The molecule has 3 heteroatoms. The Morgan fingerprint density at radius 3 is 1.74 bits per heavy atom. The molecule has 1 N–H and O–H groups in total. The van der Waals surface area contributed by atoms with Crippen molar-refractivity contribution in [3.63, 3.8) is 0 Å². The predicted octanol–water partition coefficient (Wildman–Crippen LogP) is 4.77. The van der Waals surface area contributed by atoms with E-state index in [0.717, 1.165) is 32.1 Å². The highest BCUT2D eigenvalue weighted by molar-refractivity contribution is 4.92. The van der Waals surface area contributed by atoms with Crippen LogP contribution < -0.4 is 0 Å². The van der Waals surface area contributed by atoms with Crippen LogP contribution in [0.4, 0.5) is 0 Å². The summed E-state index contributed by atoms with van der Waals surface area (Å²) in [6.07, 6.45) is 5.20. The average molecular weight is 271 g/mol. The molecule has 2 atom stereocenters. The molecule has 0 fully saturated rings. The zero-order chi connectivity index (χ0) is 15.1. The second-order valence-electron chi connectivity index (χ2n) is 6.54. The van der Waals surface area contributed by atoms with Gasteiger partial charge in [-0.25, -0.2) is 0 Å². The van der Waals surface area contributed by atoms with Gasteiger partial charge >= 0.3 is 0 Å². The van der Waals surface area contributed by atoms with Crippen molar-refractivity contribution in [1.82, 2.24) is 0 Å². The first-order valence-electron chi connectivity index (χ1n) is 7.79. The summed E-state index contributed by atoms with van der Waals surface area (Å²) in [6, 6.07) is -0.470. The second kappa shape index (κ2) is 7.98. The van der Waals surface area contributed by atoms with E-state index in [1.807, 2.05) is 0 Å². The molecule has 0 rings (SSSR count). The van der Waals surface area contributed by atoms with Gasteiger partial charge in [-0.2, -0.15) is 4.91 Å². The van der Waals surface area contributed by atoms with E-state index in [9.17, 15) is 10.0 Å². The third-order valence-corrected chi connectivity index (χ3v) is 5.72. The first-order chi connectivity index (χ1) is 8.86. The van der Waals surface area contributed by atoms with Gasteiger partial charge in [-0.15, -0.1) is 0 Å². The number of nitrogens with zero attached hydrogens (tertiary/aromatic N) is 1. The topological polar surface area (TPSA) is 49.7 Å². The molecule has 0 aliphatic carbocycles. The highest BCUT2D eigenvalue weighted by Crippen LogP contribution is 2.46. The fourth-order valence-electron chi connectivity index (χ4n) is 2.92. The van der Waals surface area contributed by atoms with E-state index in [1.54, 1.807) is 0 Å². The van der Waals surface area contributed by atoms with Gasteiger partial charge < -0.3 is 5.11 Å². The quantitative estimate of drug-likeness (QED) is 0.582. The molecule has 0 aliphatic heterocycles. The Morgan fingerprint density at radius 2 is 1.47 bits per heavy atom. The van der Waals surface area contributed by atoms with E-state index in [-0.39, 0.29) is 23.4 Å². The highest BCUT2D eigenvalue weighted by Gasteiger charge is 2.40. The Labute approximate surface area is 119 Å². The third-order valence-electron chi connectivity index (χ3n) is 5.72. The summed E-state index contributed by atoms with van der Waals surface area (Å²) in [5.74, 6) is 0.162. The maximum atomic E-state index is 11.1. The molecule has 19 heavy (non-hydrogen) atoms. The van der Waals surface area contributed by atoms with E-state index in [0.29, 0.717) is 0 Å². The van der Waals surface area contributed by atoms with Gasteiger partial charge in [0.15, 0.2) is 0 Å². The molecular weight excluding hydrogens is 238 g/mol. The van der Waals surface area contributed by atoms with Gasteiger partial charge in [0.2, 0.25) is 0 Å². The summed E-state index contributed by atoms with van der Waals surface area (Å²) < 4.78 is 0. The van der Waals surface area contributed by atoms with Crippen LogP contribution in [0.5, 0.6) is 0 Å². The van der Waals surface area contributed by atoms with Crippen molar-refractivity contribution < 1.29 is 5.11 Å². The average Bonchev–Trinajstić information content (AvgIpc) is 2.46. The minimum absolute atomic E-state index is 0.0763. The standard InChI is InChI=1S/C16H33NO2/c1-7-15(5,8-2)11-13(14(12-18)17-19)16(6,9-3)10-4/h13-14,18H,7-12H2,1-6H3. The molecule has 3 nitrogen and oxygen atoms in total. The van der Waals surface area contributed by atoms with Crippen LogP contribution in [0.3, 0.4) is 0 Å². The molecule has 0 spiro atoms. The molecule has 0 saturated carbocycles. The van der Waals surface area contributed by atoms with E-state index in [4.69, 9.17) is 0 Å². The van der Waals surface area contributed by atoms with Crippen LogP contribution in [0.2, 0.25) is 0 Å². The fraction of sp³-hybridized carbons (Fsp3) is 1.00. The number of rotatable bonds is 10. The Kier molecular flexibility index (Phi) is 7.80. The summed E-state index contributed by atoms with van der Waals surface area (Å²) >= 11 is 0. The molecule has 0 amide bonds. The zero-order valence-corrected chi connectivity index (χ0v) is 13.7. The first kappa shape index (κ1) is 18.6. The summed E-state index contributed by atoms with van der Waals surface area (Å²) in [4.78, 5) is 11.1. The second-order valence-corrected chi connectivity index (χ2v) is 6.54. The molecule has 0 saturated heterocycles. The van der Waals surface area contributed by atoms with Crippen molar-refractivity contribution in [3.8, 4) is 0 Å². The van der Waals surface area contributed by atoms with Gasteiger partial charge in [-0.05, 0) is 23.2 Å². The Morgan fingerprint density at radius 1 is 1.00 bits per heavy atom. The van der Waals surface area contributed by atoms with Crippen LogP contribution >= 0.6 is 0 Å². The Hall–Kier alpha value is -0.440. The van der Waals surface area contributed by atoms with Crippen LogP contribution in [0.15, 0.2) is 5.18 Å². The lowest BCUT2D eigenvalue weighted by Gasteiger charge is -2.43. The molecule has 2 unspecified atom stereocenters. The maximum absolute atomic E-state index is 11.1. The molecule has 0 aromatic carbocycles. The van der Waals surface area contributed by atoms with Crippen molar-refractivity contribution in [2.24, 2.45) is 21.9 Å². The molecule has 0 aliphatic rings. The fourth-order valence-corrected chi connectivity index (χ4v) is 2.92. The SMILES string of the molecule is CCC(C)(CC)CC(C(CO)N=O)C(C)(CC)CC. The highest BCUT2D eigenvalue weighted by atomic mass is 16.3. The largest absolute Gasteiger partial charge is 0.394 e. The third kappa shape index (κ3) is 4.55. The van der Waals surface area contributed by atoms with E-state index >= 15 is 0 Å². The smallest absolute Gasteiger partial charge is 0.118 e.